The summed E-state index contributed by atoms with van der Waals surface area (Å²) in [4.78, 5) is 26.3. The Morgan fingerprint density at radius 3 is 2.37 bits per heavy atom. The van der Waals surface area contributed by atoms with E-state index < -0.39 is 5.41 Å². The fraction of sp³-hybridized carbons (Fsp3) is 0.765. The van der Waals surface area contributed by atoms with Crippen LogP contribution in [0.5, 0.6) is 0 Å². The van der Waals surface area contributed by atoms with Crippen LogP contribution in [0, 0.1) is 40.4 Å². The highest BCUT2D eigenvalue weighted by atomic mass is 16.5. The van der Waals surface area contributed by atoms with E-state index in [0.29, 0.717) is 42.6 Å². The zero-order valence-electron chi connectivity index (χ0n) is 24.9. The summed E-state index contributed by atoms with van der Waals surface area (Å²) in [6.07, 6.45) is 17.4. The molecule has 3 saturated carbocycles. The molecule has 214 valence electrons. The number of carbonyl (C=O) groups is 2. The Labute approximate surface area is 232 Å². The molecule has 38 heavy (non-hydrogen) atoms. The van der Waals surface area contributed by atoms with Gasteiger partial charge < -0.3 is 9.47 Å². The molecule has 0 N–H and O–H groups in total. The molecular formula is C34H54O4. The van der Waals surface area contributed by atoms with Crippen molar-refractivity contribution in [2.24, 2.45) is 40.4 Å². The van der Waals surface area contributed by atoms with Crippen LogP contribution in [0.25, 0.3) is 0 Å². The predicted octanol–water partition coefficient (Wildman–Crippen LogP) is 8.62. The maximum atomic E-state index is 13.2. The van der Waals surface area contributed by atoms with Gasteiger partial charge in [0.05, 0.1) is 17.4 Å². The van der Waals surface area contributed by atoms with E-state index in [9.17, 15) is 9.59 Å². The van der Waals surface area contributed by atoms with Crippen LogP contribution < -0.4 is 0 Å². The summed E-state index contributed by atoms with van der Waals surface area (Å²) in [6, 6.07) is 0. The van der Waals surface area contributed by atoms with Crippen molar-refractivity contribution >= 4 is 11.9 Å². The highest BCUT2D eigenvalue weighted by Crippen LogP contribution is 2.60. The predicted molar refractivity (Wildman–Crippen MR) is 155 cm³/mol. The molecule has 0 aromatic carbocycles. The standard InChI is InChI=1S/C34H54O4/c1-8-16-33(18-19-33)31(35)38-30-21-26(6)13-14-29(30)27(7)22-28-23-34(28,17-9-2)32(36)37-20-15-25(5)12-10-11-24(3)4/h8-9,11,25-30H,1-2,10,12-23H2,3-7H3. The topological polar surface area (TPSA) is 52.6 Å². The number of esters is 2. The number of carbonyl (C=O) groups excluding carboxylic acids is 2. The summed E-state index contributed by atoms with van der Waals surface area (Å²) >= 11 is 0. The van der Waals surface area contributed by atoms with Crippen molar-refractivity contribution in [3.63, 3.8) is 0 Å². The molecule has 7 unspecified atom stereocenters. The average molecular weight is 527 g/mol. The number of hydrogen-bond acceptors (Lipinski definition) is 4. The molecule has 0 saturated heterocycles. The van der Waals surface area contributed by atoms with E-state index in [2.05, 4.69) is 53.9 Å². The molecule has 0 aliphatic heterocycles. The van der Waals surface area contributed by atoms with Gasteiger partial charge in [0.25, 0.3) is 0 Å². The molecule has 3 fully saturated rings. The summed E-state index contributed by atoms with van der Waals surface area (Å²) in [5.41, 5.74) is 0.645. The van der Waals surface area contributed by atoms with Crippen LogP contribution in [0.15, 0.2) is 37.0 Å². The quantitative estimate of drug-likeness (QED) is 0.149. The summed E-state index contributed by atoms with van der Waals surface area (Å²) < 4.78 is 12.1. The van der Waals surface area contributed by atoms with Gasteiger partial charge in [-0.15, -0.1) is 13.2 Å². The lowest BCUT2D eigenvalue weighted by Crippen LogP contribution is -2.38. The van der Waals surface area contributed by atoms with Crippen LogP contribution in [0.4, 0.5) is 0 Å². The Hall–Kier alpha value is -1.84. The monoisotopic (exact) mass is 526 g/mol. The Balaban J connectivity index is 1.53. The number of hydrogen-bond donors (Lipinski definition) is 0. The third-order valence-corrected chi connectivity index (χ3v) is 9.78. The molecule has 4 nitrogen and oxygen atoms in total. The molecule has 3 aliphatic carbocycles. The second kappa shape index (κ2) is 13.5. The zero-order chi connectivity index (χ0) is 27.9. The third kappa shape index (κ3) is 7.85. The summed E-state index contributed by atoms with van der Waals surface area (Å²) in [5.74, 6) is 2.14. The van der Waals surface area contributed by atoms with Gasteiger partial charge in [0.1, 0.15) is 6.10 Å². The van der Waals surface area contributed by atoms with Crippen molar-refractivity contribution < 1.29 is 19.1 Å². The number of rotatable bonds is 16. The van der Waals surface area contributed by atoms with Gasteiger partial charge in [-0.3, -0.25) is 9.59 Å². The van der Waals surface area contributed by atoms with Gasteiger partial charge in [0, 0.05) is 0 Å². The first kappa shape index (κ1) is 30.7. The van der Waals surface area contributed by atoms with Crippen LogP contribution in [-0.4, -0.2) is 24.6 Å². The van der Waals surface area contributed by atoms with Crippen LogP contribution >= 0.6 is 0 Å². The highest BCUT2D eigenvalue weighted by Gasteiger charge is 2.60. The Kier molecular flexibility index (Phi) is 10.9. The molecule has 0 aromatic heterocycles. The van der Waals surface area contributed by atoms with Crippen LogP contribution in [0.1, 0.15) is 112 Å². The molecule has 0 bridgehead atoms. The molecule has 3 rings (SSSR count). The lowest BCUT2D eigenvalue weighted by molar-refractivity contribution is -0.163. The van der Waals surface area contributed by atoms with E-state index in [1.165, 1.54) is 12.0 Å². The van der Waals surface area contributed by atoms with E-state index in [1.54, 1.807) is 0 Å². The molecule has 0 heterocycles. The third-order valence-electron chi connectivity index (χ3n) is 9.78. The van der Waals surface area contributed by atoms with Crippen molar-refractivity contribution in [3.05, 3.63) is 37.0 Å². The second-order valence-electron chi connectivity index (χ2n) is 13.5. The summed E-state index contributed by atoms with van der Waals surface area (Å²) in [6.45, 7) is 19.4. The normalized spacial score (nSPS) is 30.9. The fourth-order valence-electron chi connectivity index (χ4n) is 6.77. The summed E-state index contributed by atoms with van der Waals surface area (Å²) in [5, 5.41) is 0. The molecule has 0 amide bonds. The van der Waals surface area contributed by atoms with Crippen molar-refractivity contribution in [3.8, 4) is 0 Å². The first-order valence-electron chi connectivity index (χ1n) is 15.3. The smallest absolute Gasteiger partial charge is 0.312 e. The van der Waals surface area contributed by atoms with Gasteiger partial charge in [-0.05, 0) is 114 Å². The SMILES string of the molecule is C=CCC1(C(=O)OC2CC(C)CCC2C(C)CC2CC2(CC=C)C(=O)OCCC(C)CCC=C(C)C)CC1. The van der Waals surface area contributed by atoms with Crippen molar-refractivity contribution in [1.82, 2.24) is 0 Å². The van der Waals surface area contributed by atoms with Gasteiger partial charge in [-0.1, -0.05) is 51.0 Å². The minimum absolute atomic E-state index is 0.0141. The minimum Gasteiger partial charge on any atom is -0.465 e. The van der Waals surface area contributed by atoms with E-state index >= 15 is 0 Å². The first-order chi connectivity index (χ1) is 18.1. The van der Waals surface area contributed by atoms with Gasteiger partial charge in [0.15, 0.2) is 0 Å². The van der Waals surface area contributed by atoms with Crippen molar-refractivity contribution in [1.29, 1.82) is 0 Å². The summed E-state index contributed by atoms with van der Waals surface area (Å²) in [7, 11) is 0. The first-order valence-corrected chi connectivity index (χ1v) is 15.3. The fourth-order valence-corrected chi connectivity index (χ4v) is 6.77. The Morgan fingerprint density at radius 1 is 1.03 bits per heavy atom. The van der Waals surface area contributed by atoms with E-state index in [1.807, 2.05) is 12.2 Å². The van der Waals surface area contributed by atoms with E-state index in [0.717, 1.165) is 64.2 Å². The molecule has 0 radical (unpaired) electrons. The molecule has 3 aliphatic rings. The molecule has 4 heteroatoms. The Morgan fingerprint density at radius 2 is 1.74 bits per heavy atom. The largest absolute Gasteiger partial charge is 0.465 e. The van der Waals surface area contributed by atoms with Gasteiger partial charge >= 0.3 is 11.9 Å². The average Bonchev–Trinajstić information content (AvgIpc) is 3.76. The van der Waals surface area contributed by atoms with Crippen LogP contribution in [0.3, 0.4) is 0 Å². The molecular weight excluding hydrogens is 472 g/mol. The van der Waals surface area contributed by atoms with Crippen LogP contribution in [-0.2, 0) is 19.1 Å². The van der Waals surface area contributed by atoms with Gasteiger partial charge in [-0.25, -0.2) is 0 Å². The number of ether oxygens (including phenoxy) is 2. The zero-order valence-corrected chi connectivity index (χ0v) is 24.9. The van der Waals surface area contributed by atoms with Gasteiger partial charge in [0.2, 0.25) is 0 Å². The van der Waals surface area contributed by atoms with E-state index in [4.69, 9.17) is 9.47 Å². The lowest BCUT2D eigenvalue weighted by Gasteiger charge is -2.38. The van der Waals surface area contributed by atoms with Crippen LogP contribution in [0.2, 0.25) is 0 Å². The highest BCUT2D eigenvalue weighted by molar-refractivity contribution is 5.81. The van der Waals surface area contributed by atoms with Crippen molar-refractivity contribution in [2.75, 3.05) is 6.61 Å². The Bertz CT molecular complexity index is 864. The lowest BCUT2D eigenvalue weighted by atomic mass is 9.73. The maximum absolute atomic E-state index is 13.2. The number of allylic oxidation sites excluding steroid dienone is 4. The van der Waals surface area contributed by atoms with E-state index in [-0.39, 0.29) is 23.5 Å². The minimum atomic E-state index is -0.405. The van der Waals surface area contributed by atoms with Gasteiger partial charge in [-0.2, -0.15) is 0 Å². The molecule has 0 aromatic rings. The second-order valence-corrected chi connectivity index (χ2v) is 13.5. The van der Waals surface area contributed by atoms with Crippen molar-refractivity contribution in [2.45, 2.75) is 118 Å². The molecule has 7 atom stereocenters. The maximum Gasteiger partial charge on any atom is 0.312 e. The molecule has 0 spiro atoms.